The van der Waals surface area contributed by atoms with Crippen LogP contribution in [0.1, 0.15) is 125 Å². The standard InChI is InChI=1S/3C11H20O2.Cr/c3*1-10(2,3)8(12)7-9(13)11(4,5)6;/h3*7,12H,1-6H3;. The Hall–Kier alpha value is -1.84. The number of aliphatic hydroxyl groups is 3. The molecule has 0 aromatic carbocycles. The van der Waals surface area contributed by atoms with Crippen molar-refractivity contribution in [3.63, 3.8) is 0 Å². The van der Waals surface area contributed by atoms with Gasteiger partial charge in [0.2, 0.25) is 0 Å². The van der Waals surface area contributed by atoms with Gasteiger partial charge in [0.05, 0.1) is 0 Å². The van der Waals surface area contributed by atoms with E-state index in [1.54, 1.807) is 0 Å². The summed E-state index contributed by atoms with van der Waals surface area (Å²) in [6.07, 6.45) is 4.00. The Kier molecular flexibility index (Phi) is 18.0. The average molecular weight is 605 g/mol. The summed E-state index contributed by atoms with van der Waals surface area (Å²) in [6.45, 7) is 33.3. The van der Waals surface area contributed by atoms with E-state index in [1.807, 2.05) is 125 Å². The molecule has 0 aliphatic carbocycles. The SMILES string of the molecule is CC(C)(C)C(=O)C=C(O)C(C)(C)C.CC(C)(C)C(=O)C=C(O)C(C)(C)C.CC(C)(C)C(=O)C=C(O)C(C)(C)C.[Cr]. The molecule has 3 N–H and O–H groups in total. The summed E-state index contributed by atoms with van der Waals surface area (Å²) >= 11 is 0. The minimum absolute atomic E-state index is 0. The molecule has 0 atom stereocenters. The fourth-order valence-electron chi connectivity index (χ4n) is 1.67. The second kappa shape index (κ2) is 16.0. The molecule has 0 fully saturated rings. The molecule has 0 saturated heterocycles. The molecule has 0 rings (SSSR count). The van der Waals surface area contributed by atoms with Crippen LogP contribution >= 0.6 is 0 Å². The predicted octanol–water partition coefficient (Wildman–Crippen LogP) is 9.27. The molecule has 0 saturated carbocycles. The van der Waals surface area contributed by atoms with Gasteiger partial charge in [0.1, 0.15) is 17.3 Å². The first-order chi connectivity index (χ1) is 16.6. The van der Waals surface area contributed by atoms with E-state index in [4.69, 9.17) is 0 Å². The van der Waals surface area contributed by atoms with Crippen molar-refractivity contribution in [1.82, 2.24) is 0 Å². The maximum atomic E-state index is 11.5. The molecule has 234 valence electrons. The Morgan fingerprint density at radius 2 is 0.475 bits per heavy atom. The number of allylic oxidation sites excluding steroid dienone is 6. The second-order valence-corrected chi connectivity index (χ2v) is 16.2. The zero-order valence-corrected chi connectivity index (χ0v) is 30.0. The van der Waals surface area contributed by atoms with Crippen LogP contribution in [0, 0.1) is 32.5 Å². The van der Waals surface area contributed by atoms with Gasteiger partial charge in [0.25, 0.3) is 0 Å². The van der Waals surface area contributed by atoms with Gasteiger partial charge < -0.3 is 15.3 Å². The van der Waals surface area contributed by atoms with E-state index < -0.39 is 16.2 Å². The van der Waals surface area contributed by atoms with Gasteiger partial charge in [-0.25, -0.2) is 0 Å². The fraction of sp³-hybridized carbons (Fsp3) is 0.727. The summed E-state index contributed by atoms with van der Waals surface area (Å²) in [5.74, 6) is 0.312. The molecule has 0 aromatic heterocycles. The minimum Gasteiger partial charge on any atom is -0.512 e. The number of aliphatic hydroxyl groups excluding tert-OH is 3. The first-order valence-electron chi connectivity index (χ1n) is 13.5. The molecular weight excluding hydrogens is 544 g/mol. The predicted molar refractivity (Wildman–Crippen MR) is 164 cm³/mol. The van der Waals surface area contributed by atoms with Gasteiger partial charge in [0, 0.05) is 68.1 Å². The van der Waals surface area contributed by atoms with Crippen LogP contribution < -0.4 is 0 Å². The van der Waals surface area contributed by atoms with Gasteiger partial charge in [-0.3, -0.25) is 14.4 Å². The third kappa shape index (κ3) is 21.0. The van der Waals surface area contributed by atoms with Crippen molar-refractivity contribution in [2.24, 2.45) is 32.5 Å². The topological polar surface area (TPSA) is 112 Å². The van der Waals surface area contributed by atoms with E-state index in [1.165, 1.54) is 18.2 Å². The van der Waals surface area contributed by atoms with E-state index >= 15 is 0 Å². The molecule has 0 aliphatic heterocycles. The van der Waals surface area contributed by atoms with Crippen molar-refractivity contribution >= 4 is 17.3 Å². The summed E-state index contributed by atoms with van der Waals surface area (Å²) < 4.78 is 0. The quantitative estimate of drug-likeness (QED) is 0.219. The summed E-state index contributed by atoms with van der Waals surface area (Å²) in [6, 6.07) is 0. The van der Waals surface area contributed by atoms with Gasteiger partial charge in [-0.1, -0.05) is 125 Å². The summed E-state index contributed by atoms with van der Waals surface area (Å²) in [5, 5.41) is 28.7. The number of ketones is 3. The van der Waals surface area contributed by atoms with E-state index in [0.717, 1.165) is 0 Å². The van der Waals surface area contributed by atoms with Crippen LogP contribution in [0.15, 0.2) is 35.5 Å². The van der Waals surface area contributed by atoms with Gasteiger partial charge in [-0.05, 0) is 0 Å². The van der Waals surface area contributed by atoms with E-state index in [-0.39, 0.29) is 68.2 Å². The van der Waals surface area contributed by atoms with Crippen molar-refractivity contribution in [3.8, 4) is 0 Å². The zero-order valence-electron chi connectivity index (χ0n) is 28.7. The van der Waals surface area contributed by atoms with Crippen molar-refractivity contribution in [2.75, 3.05) is 0 Å². The molecule has 0 unspecified atom stereocenters. The van der Waals surface area contributed by atoms with E-state index in [2.05, 4.69) is 0 Å². The molecule has 0 heterocycles. The number of carbonyl (C=O) groups excluding carboxylic acids is 3. The zero-order chi connectivity index (χ0) is 32.6. The Morgan fingerprint density at radius 1 is 0.350 bits per heavy atom. The molecule has 0 aromatic rings. The van der Waals surface area contributed by atoms with E-state index in [0.29, 0.717) is 0 Å². The van der Waals surface area contributed by atoms with E-state index in [9.17, 15) is 29.7 Å². The summed E-state index contributed by atoms with van der Waals surface area (Å²) in [7, 11) is 0. The Morgan fingerprint density at radius 3 is 0.550 bits per heavy atom. The Balaban J connectivity index is -0.000000240. The molecular formula is C33H60CrO6. The van der Waals surface area contributed by atoms with Crippen LogP contribution in [0.3, 0.4) is 0 Å². The van der Waals surface area contributed by atoms with Crippen LogP contribution in [-0.4, -0.2) is 32.7 Å². The number of carbonyl (C=O) groups is 3. The van der Waals surface area contributed by atoms with Crippen molar-refractivity contribution in [2.45, 2.75) is 125 Å². The van der Waals surface area contributed by atoms with Crippen LogP contribution in [0.4, 0.5) is 0 Å². The average Bonchev–Trinajstić information content (AvgIpc) is 2.64. The molecule has 7 heteroatoms. The smallest absolute Gasteiger partial charge is 0.164 e. The Bertz CT molecular complexity index is 801. The van der Waals surface area contributed by atoms with Crippen molar-refractivity contribution < 1.29 is 47.1 Å². The normalized spacial score (nSPS) is 14.1. The van der Waals surface area contributed by atoms with Gasteiger partial charge in [0.15, 0.2) is 17.3 Å². The first kappa shape index (κ1) is 45.2. The van der Waals surface area contributed by atoms with Gasteiger partial charge >= 0.3 is 0 Å². The first-order valence-corrected chi connectivity index (χ1v) is 13.5. The monoisotopic (exact) mass is 604 g/mol. The van der Waals surface area contributed by atoms with Crippen molar-refractivity contribution in [3.05, 3.63) is 35.5 Å². The maximum absolute atomic E-state index is 11.5. The molecule has 0 radical (unpaired) electrons. The fourth-order valence-corrected chi connectivity index (χ4v) is 1.67. The van der Waals surface area contributed by atoms with Crippen molar-refractivity contribution in [1.29, 1.82) is 0 Å². The molecule has 0 aliphatic rings. The van der Waals surface area contributed by atoms with Crippen LogP contribution in [0.2, 0.25) is 0 Å². The van der Waals surface area contributed by atoms with Gasteiger partial charge in [-0.2, -0.15) is 0 Å². The number of hydrogen-bond acceptors (Lipinski definition) is 6. The third-order valence-corrected chi connectivity index (χ3v) is 5.33. The van der Waals surface area contributed by atoms with Crippen LogP contribution in [0.5, 0.6) is 0 Å². The second-order valence-electron chi connectivity index (χ2n) is 16.2. The molecule has 0 spiro atoms. The minimum atomic E-state index is -0.417. The van der Waals surface area contributed by atoms with Crippen LogP contribution in [-0.2, 0) is 31.7 Å². The van der Waals surface area contributed by atoms with Crippen LogP contribution in [0.25, 0.3) is 0 Å². The molecule has 40 heavy (non-hydrogen) atoms. The summed E-state index contributed by atoms with van der Waals surface area (Å²) in [5.41, 5.74) is -2.29. The van der Waals surface area contributed by atoms with Gasteiger partial charge in [-0.15, -0.1) is 0 Å². The number of hydrogen-bond donors (Lipinski definition) is 3. The number of rotatable bonds is 3. The molecule has 0 bridgehead atoms. The molecule has 0 amide bonds. The maximum Gasteiger partial charge on any atom is 0.164 e. The Labute approximate surface area is 256 Å². The molecule has 6 nitrogen and oxygen atoms in total. The largest absolute Gasteiger partial charge is 0.512 e. The summed E-state index contributed by atoms with van der Waals surface area (Å²) in [4.78, 5) is 34.5. The third-order valence-electron chi connectivity index (χ3n) is 5.33.